The maximum Gasteiger partial charge on any atom is 0.116 e. The highest BCUT2D eigenvalue weighted by atomic mass is 35.5. The first-order chi connectivity index (χ1) is 6.64. The number of hydrogen-bond acceptors (Lipinski definition) is 1. The molecule has 0 amide bonds. The third-order valence-electron chi connectivity index (χ3n) is 3.10. The van der Waals surface area contributed by atoms with Crippen LogP contribution in [0.15, 0.2) is 0 Å². The number of aliphatic hydroxyl groups is 1. The summed E-state index contributed by atoms with van der Waals surface area (Å²) >= 11 is 5.65. The summed E-state index contributed by atoms with van der Waals surface area (Å²) in [5.74, 6) is 0.353. The van der Waals surface area contributed by atoms with E-state index in [4.69, 9.17) is 11.6 Å². The summed E-state index contributed by atoms with van der Waals surface area (Å²) in [5.41, 5.74) is 0. The fourth-order valence-corrected chi connectivity index (χ4v) is 1.98. The molecule has 0 aliphatic carbocycles. The number of unbranched alkanes of at least 4 members (excludes halogenated alkanes) is 1. The molecule has 15 heavy (non-hydrogen) atoms. The third-order valence-corrected chi connectivity index (χ3v) is 3.46. The largest absolute Gasteiger partial charge is 1.00 e. The number of quaternary nitrogens is 1. The van der Waals surface area contributed by atoms with Crippen LogP contribution >= 0.6 is 11.6 Å². The highest BCUT2D eigenvalue weighted by molar-refractivity contribution is 6.18. The molecule has 0 aliphatic rings. The van der Waals surface area contributed by atoms with E-state index in [1.807, 2.05) is 0 Å². The molecule has 1 atom stereocenters. The van der Waals surface area contributed by atoms with Gasteiger partial charge >= 0.3 is 0 Å². The summed E-state index contributed by atoms with van der Waals surface area (Å²) in [6.45, 7) is 10.7. The Morgan fingerprint density at radius 1 is 1.20 bits per heavy atom. The zero-order valence-corrected chi connectivity index (χ0v) is 11.7. The second kappa shape index (κ2) is 9.71. The van der Waals surface area contributed by atoms with Crippen LogP contribution in [0.5, 0.6) is 0 Å². The van der Waals surface area contributed by atoms with Crippen molar-refractivity contribution in [1.29, 1.82) is 0 Å². The molecule has 0 saturated carbocycles. The van der Waals surface area contributed by atoms with Crippen molar-refractivity contribution >= 4 is 11.6 Å². The molecule has 0 saturated heterocycles. The highest BCUT2D eigenvalue weighted by Gasteiger charge is 2.25. The van der Waals surface area contributed by atoms with Crippen molar-refractivity contribution in [3.63, 3.8) is 0 Å². The molecule has 0 spiro atoms. The average molecular weight is 258 g/mol. The van der Waals surface area contributed by atoms with Crippen LogP contribution in [0.25, 0.3) is 0 Å². The van der Waals surface area contributed by atoms with Gasteiger partial charge in [-0.25, -0.2) is 0 Å². The quantitative estimate of drug-likeness (QED) is 0.448. The molecule has 0 aromatic rings. The van der Waals surface area contributed by atoms with E-state index < -0.39 is 0 Å². The Morgan fingerprint density at radius 2 is 1.73 bits per heavy atom. The lowest BCUT2D eigenvalue weighted by molar-refractivity contribution is -0.927. The minimum atomic E-state index is -0.353. The maximum atomic E-state index is 9.61. The van der Waals surface area contributed by atoms with Crippen molar-refractivity contribution in [1.82, 2.24) is 0 Å². The molecule has 0 bridgehead atoms. The molecule has 0 aromatic carbocycles. The van der Waals surface area contributed by atoms with E-state index in [1.54, 1.807) is 0 Å². The molecule has 0 fully saturated rings. The van der Waals surface area contributed by atoms with Gasteiger partial charge in [0.05, 0.1) is 25.5 Å². The van der Waals surface area contributed by atoms with Crippen LogP contribution in [0.2, 0.25) is 0 Å². The highest BCUT2D eigenvalue weighted by Crippen LogP contribution is 2.11. The lowest BCUT2D eigenvalue weighted by atomic mass is 10.2. The fraction of sp³-hybridized carbons (Fsp3) is 1.00. The first-order valence-electron chi connectivity index (χ1n) is 5.73. The third kappa shape index (κ3) is 6.62. The summed E-state index contributed by atoms with van der Waals surface area (Å²) in [6, 6.07) is 0. The van der Waals surface area contributed by atoms with E-state index >= 15 is 0 Å². The first-order valence-corrected chi connectivity index (χ1v) is 6.26. The minimum absolute atomic E-state index is 0. The van der Waals surface area contributed by atoms with Gasteiger partial charge in [-0.3, -0.25) is 0 Å². The second-order valence-corrected chi connectivity index (χ2v) is 4.35. The Labute approximate surface area is 106 Å². The Kier molecular flexibility index (Phi) is 11.6. The van der Waals surface area contributed by atoms with Crippen LogP contribution < -0.4 is 12.4 Å². The molecule has 4 heteroatoms. The maximum absolute atomic E-state index is 9.61. The van der Waals surface area contributed by atoms with Gasteiger partial charge in [0.25, 0.3) is 0 Å². The Hall–Kier alpha value is 0.500. The van der Waals surface area contributed by atoms with E-state index in [0.717, 1.165) is 30.7 Å². The normalized spacial score (nSPS) is 13.4. The first kappa shape index (κ1) is 17.9. The molecule has 1 N–H and O–H groups in total. The number of likely N-dealkylation sites (N-methyl/N-ethyl adjacent to an activating group) is 1. The minimum Gasteiger partial charge on any atom is -1.00 e. The second-order valence-electron chi connectivity index (χ2n) is 4.04. The lowest BCUT2D eigenvalue weighted by Gasteiger charge is -2.38. The van der Waals surface area contributed by atoms with Crippen LogP contribution in [-0.2, 0) is 0 Å². The monoisotopic (exact) mass is 257 g/mol. The zero-order chi connectivity index (χ0) is 11.0. The van der Waals surface area contributed by atoms with Crippen molar-refractivity contribution in [2.45, 2.75) is 39.7 Å². The summed E-state index contributed by atoms with van der Waals surface area (Å²) in [6.07, 6.45) is 2.10. The van der Waals surface area contributed by atoms with Gasteiger partial charge in [0.2, 0.25) is 0 Å². The number of rotatable bonds is 8. The van der Waals surface area contributed by atoms with Crippen molar-refractivity contribution in [2.75, 3.05) is 32.1 Å². The van der Waals surface area contributed by atoms with Crippen LogP contribution in [-0.4, -0.2) is 47.8 Å². The smallest absolute Gasteiger partial charge is 0.116 e. The summed E-state index contributed by atoms with van der Waals surface area (Å²) in [4.78, 5) is 0. The average Bonchev–Trinajstić information content (AvgIpc) is 2.24. The molecule has 0 radical (unpaired) electrons. The lowest BCUT2D eigenvalue weighted by Crippen LogP contribution is -3.00. The molecule has 0 aromatic heterocycles. The van der Waals surface area contributed by atoms with Crippen LogP contribution in [0.3, 0.4) is 0 Å². The van der Waals surface area contributed by atoms with Gasteiger partial charge < -0.3 is 22.0 Å². The van der Waals surface area contributed by atoms with Crippen molar-refractivity contribution < 1.29 is 22.0 Å². The van der Waals surface area contributed by atoms with Crippen LogP contribution in [0.4, 0.5) is 0 Å². The molecule has 94 valence electrons. The number of aliphatic hydroxyl groups excluding tert-OH is 1. The topological polar surface area (TPSA) is 20.2 Å². The molecule has 0 aliphatic heterocycles. The van der Waals surface area contributed by atoms with Gasteiger partial charge in [0, 0.05) is 0 Å². The molecule has 0 heterocycles. The van der Waals surface area contributed by atoms with Crippen molar-refractivity contribution in [2.24, 2.45) is 0 Å². The zero-order valence-electron chi connectivity index (χ0n) is 10.2. The number of halogens is 2. The van der Waals surface area contributed by atoms with Gasteiger partial charge in [-0.2, -0.15) is 0 Å². The summed E-state index contributed by atoms with van der Waals surface area (Å²) < 4.78 is 1.00. The van der Waals surface area contributed by atoms with Crippen molar-refractivity contribution in [3.05, 3.63) is 0 Å². The SMILES string of the molecule is CCCC[N+](CC)(CC)CC(O)CCl.[Cl-]. The Balaban J connectivity index is 0. The van der Waals surface area contributed by atoms with Gasteiger partial charge in [-0.1, -0.05) is 13.3 Å². The molecular weight excluding hydrogens is 233 g/mol. The number of hydrogen-bond donors (Lipinski definition) is 1. The fourth-order valence-electron chi connectivity index (χ4n) is 1.88. The standard InChI is InChI=1S/C11H25ClNO.ClH/c1-4-7-8-13(5-2,6-3)10-11(14)9-12;/h11,14H,4-10H2,1-3H3;1H/q+1;/p-1. The van der Waals surface area contributed by atoms with E-state index in [0.29, 0.717) is 5.88 Å². The Bertz CT molecular complexity index is 141. The number of nitrogens with zero attached hydrogens (tertiary/aromatic N) is 1. The summed E-state index contributed by atoms with van der Waals surface area (Å²) in [5, 5.41) is 9.61. The van der Waals surface area contributed by atoms with E-state index in [-0.39, 0.29) is 18.5 Å². The molecular formula is C11H25Cl2NO. The van der Waals surface area contributed by atoms with E-state index in [2.05, 4.69) is 20.8 Å². The molecule has 1 unspecified atom stereocenters. The van der Waals surface area contributed by atoms with Crippen molar-refractivity contribution in [3.8, 4) is 0 Å². The van der Waals surface area contributed by atoms with Gasteiger partial charge in [-0.05, 0) is 20.3 Å². The Morgan fingerprint density at radius 3 is 2.07 bits per heavy atom. The molecule has 0 rings (SSSR count). The van der Waals surface area contributed by atoms with Gasteiger partial charge in [-0.15, -0.1) is 11.6 Å². The number of alkyl halides is 1. The van der Waals surface area contributed by atoms with Gasteiger partial charge in [0.15, 0.2) is 0 Å². The van der Waals surface area contributed by atoms with Gasteiger partial charge in [0.1, 0.15) is 12.6 Å². The van der Waals surface area contributed by atoms with E-state index in [9.17, 15) is 5.11 Å². The van der Waals surface area contributed by atoms with Crippen LogP contribution in [0, 0.1) is 0 Å². The molecule has 2 nitrogen and oxygen atoms in total. The predicted octanol–water partition coefficient (Wildman–Crippen LogP) is -0.753. The predicted molar refractivity (Wildman–Crippen MR) is 62.7 cm³/mol. The van der Waals surface area contributed by atoms with Crippen LogP contribution in [0.1, 0.15) is 33.6 Å². The van der Waals surface area contributed by atoms with E-state index in [1.165, 1.54) is 12.8 Å². The summed E-state index contributed by atoms with van der Waals surface area (Å²) in [7, 11) is 0.